The summed E-state index contributed by atoms with van der Waals surface area (Å²) < 4.78 is 0. The molecule has 1 aliphatic rings. The molecule has 1 aromatic carbocycles. The van der Waals surface area contributed by atoms with Crippen LogP contribution in [0.15, 0.2) is 12.1 Å². The first kappa shape index (κ1) is 12.8. The summed E-state index contributed by atoms with van der Waals surface area (Å²) in [4.78, 5) is 0. The predicted octanol–water partition coefficient (Wildman–Crippen LogP) is 2.14. The third-order valence-electron chi connectivity index (χ3n) is 2.88. The second-order valence-electron chi connectivity index (χ2n) is 4.17. The second kappa shape index (κ2) is 4.30. The Bertz CT molecular complexity index is 350. The Morgan fingerprint density at radius 2 is 1.73 bits per heavy atom. The molecule has 2 rings (SSSR count). The number of hydrogen-bond donors (Lipinski definition) is 2. The van der Waals surface area contributed by atoms with Gasteiger partial charge < -0.3 is 11.1 Å². The minimum atomic E-state index is -0.182. The minimum absolute atomic E-state index is 0. The van der Waals surface area contributed by atoms with Crippen LogP contribution in [0.25, 0.3) is 0 Å². The molecule has 0 unspecified atom stereocenters. The zero-order valence-corrected chi connectivity index (χ0v) is 10.5. The van der Waals surface area contributed by atoms with Gasteiger partial charge in [-0.05, 0) is 42.7 Å². The molecule has 0 aliphatic carbocycles. The summed E-state index contributed by atoms with van der Waals surface area (Å²) in [6.07, 6.45) is 0. The lowest BCUT2D eigenvalue weighted by molar-refractivity contribution is 0.284. The molecule has 4 heteroatoms. The van der Waals surface area contributed by atoms with Crippen molar-refractivity contribution in [3.8, 4) is 0 Å². The highest BCUT2D eigenvalue weighted by atomic mass is 35.5. The molecule has 0 saturated carbocycles. The van der Waals surface area contributed by atoms with Crippen LogP contribution < -0.4 is 11.1 Å². The Morgan fingerprint density at radius 3 is 2.07 bits per heavy atom. The van der Waals surface area contributed by atoms with E-state index in [1.54, 1.807) is 0 Å². The molecule has 1 heterocycles. The first-order chi connectivity index (χ1) is 6.53. The lowest BCUT2D eigenvalue weighted by Gasteiger charge is -2.41. The summed E-state index contributed by atoms with van der Waals surface area (Å²) in [5.74, 6) is 0. The average Bonchev–Trinajstić information content (AvgIpc) is 1.99. The quantitative estimate of drug-likeness (QED) is 0.797. The smallest absolute Gasteiger partial charge is 0.0667 e. The second-order valence-corrected chi connectivity index (χ2v) is 4.61. The molecule has 0 radical (unpaired) electrons. The summed E-state index contributed by atoms with van der Waals surface area (Å²) in [5, 5.41) is 4.00. The van der Waals surface area contributed by atoms with Gasteiger partial charge in [0.15, 0.2) is 0 Å². The van der Waals surface area contributed by atoms with Crippen molar-refractivity contribution in [3.05, 3.63) is 33.8 Å². The van der Waals surface area contributed by atoms with Crippen LogP contribution >= 0.6 is 24.0 Å². The minimum Gasteiger partial charge on any atom is -0.319 e. The molecular formula is C11H16Cl2N2. The first-order valence-electron chi connectivity index (χ1n) is 4.80. The number of halogens is 2. The maximum absolute atomic E-state index is 6.27. The van der Waals surface area contributed by atoms with Crippen LogP contribution in [0.3, 0.4) is 0 Å². The first-order valence-corrected chi connectivity index (χ1v) is 5.17. The van der Waals surface area contributed by atoms with E-state index in [1.165, 1.54) is 16.7 Å². The van der Waals surface area contributed by atoms with E-state index in [0.717, 1.165) is 18.1 Å². The normalized spacial score (nSPS) is 17.9. The van der Waals surface area contributed by atoms with Crippen LogP contribution in [0.1, 0.15) is 16.7 Å². The van der Waals surface area contributed by atoms with Crippen molar-refractivity contribution in [2.45, 2.75) is 19.4 Å². The summed E-state index contributed by atoms with van der Waals surface area (Å²) in [6.45, 7) is 5.86. The maximum atomic E-state index is 6.27. The van der Waals surface area contributed by atoms with E-state index in [1.807, 2.05) is 12.1 Å². The molecule has 1 aliphatic heterocycles. The summed E-state index contributed by atoms with van der Waals surface area (Å²) in [5.41, 5.74) is 9.73. The molecule has 1 aromatic rings. The van der Waals surface area contributed by atoms with Gasteiger partial charge in [-0.2, -0.15) is 0 Å². The van der Waals surface area contributed by atoms with Gasteiger partial charge in [0.2, 0.25) is 0 Å². The van der Waals surface area contributed by atoms with Gasteiger partial charge >= 0.3 is 0 Å². The summed E-state index contributed by atoms with van der Waals surface area (Å²) in [7, 11) is 0. The van der Waals surface area contributed by atoms with Crippen molar-refractivity contribution in [2.75, 3.05) is 13.1 Å². The van der Waals surface area contributed by atoms with E-state index in [2.05, 4.69) is 19.2 Å². The van der Waals surface area contributed by atoms with Crippen molar-refractivity contribution in [3.63, 3.8) is 0 Å². The van der Waals surface area contributed by atoms with Gasteiger partial charge in [0.1, 0.15) is 0 Å². The molecule has 1 saturated heterocycles. The SMILES string of the molecule is Cc1cc(Cl)cc(C)c1C1(N)CNC1.Cl. The van der Waals surface area contributed by atoms with Crippen LogP contribution in [-0.2, 0) is 5.54 Å². The molecule has 1 fully saturated rings. The average molecular weight is 247 g/mol. The van der Waals surface area contributed by atoms with Gasteiger partial charge in [0.05, 0.1) is 5.54 Å². The number of aryl methyl sites for hydroxylation is 2. The van der Waals surface area contributed by atoms with Crippen molar-refractivity contribution in [2.24, 2.45) is 5.73 Å². The van der Waals surface area contributed by atoms with Crippen LogP contribution in [0, 0.1) is 13.8 Å². The molecule has 0 atom stereocenters. The highest BCUT2D eigenvalue weighted by Gasteiger charge is 2.36. The molecule has 0 bridgehead atoms. The van der Waals surface area contributed by atoms with Crippen molar-refractivity contribution in [1.29, 1.82) is 0 Å². The van der Waals surface area contributed by atoms with E-state index >= 15 is 0 Å². The molecule has 3 N–H and O–H groups in total. The molecule has 0 aromatic heterocycles. The number of rotatable bonds is 1. The van der Waals surface area contributed by atoms with Crippen molar-refractivity contribution >= 4 is 24.0 Å². The zero-order chi connectivity index (χ0) is 10.3. The van der Waals surface area contributed by atoms with E-state index in [0.29, 0.717) is 0 Å². The zero-order valence-electron chi connectivity index (χ0n) is 8.93. The third kappa shape index (κ3) is 2.13. The van der Waals surface area contributed by atoms with Gasteiger partial charge in [-0.15, -0.1) is 12.4 Å². The number of nitrogens with two attached hydrogens (primary N) is 1. The highest BCUT2D eigenvalue weighted by molar-refractivity contribution is 6.30. The van der Waals surface area contributed by atoms with Crippen LogP contribution in [0.5, 0.6) is 0 Å². The monoisotopic (exact) mass is 246 g/mol. The molecule has 2 nitrogen and oxygen atoms in total. The summed E-state index contributed by atoms with van der Waals surface area (Å²) in [6, 6.07) is 3.97. The van der Waals surface area contributed by atoms with E-state index in [4.69, 9.17) is 17.3 Å². The maximum Gasteiger partial charge on any atom is 0.0667 e. The molecule has 0 spiro atoms. The van der Waals surface area contributed by atoms with Crippen LogP contribution in [-0.4, -0.2) is 13.1 Å². The Balaban J connectivity index is 0.00000112. The van der Waals surface area contributed by atoms with Crippen molar-refractivity contribution in [1.82, 2.24) is 5.32 Å². The fourth-order valence-corrected chi connectivity index (χ4v) is 2.59. The molecular weight excluding hydrogens is 231 g/mol. The van der Waals surface area contributed by atoms with Gasteiger partial charge in [-0.1, -0.05) is 11.6 Å². The Labute approximate surface area is 102 Å². The molecule has 0 amide bonds. The largest absolute Gasteiger partial charge is 0.319 e. The lowest BCUT2D eigenvalue weighted by atomic mass is 9.80. The lowest BCUT2D eigenvalue weighted by Crippen LogP contribution is -2.63. The highest BCUT2D eigenvalue weighted by Crippen LogP contribution is 2.30. The standard InChI is InChI=1S/C11H15ClN2.ClH/c1-7-3-9(12)4-8(2)10(7)11(13)5-14-6-11;/h3-4,14H,5-6,13H2,1-2H3;1H. The number of hydrogen-bond acceptors (Lipinski definition) is 2. The number of benzene rings is 1. The Kier molecular flexibility index (Phi) is 3.67. The van der Waals surface area contributed by atoms with E-state index in [9.17, 15) is 0 Å². The Morgan fingerprint density at radius 1 is 1.27 bits per heavy atom. The fraction of sp³-hybridized carbons (Fsp3) is 0.455. The predicted molar refractivity (Wildman–Crippen MR) is 66.9 cm³/mol. The third-order valence-corrected chi connectivity index (χ3v) is 3.09. The van der Waals surface area contributed by atoms with Crippen LogP contribution in [0.4, 0.5) is 0 Å². The molecule has 84 valence electrons. The topological polar surface area (TPSA) is 38.0 Å². The van der Waals surface area contributed by atoms with Gasteiger partial charge in [-0.25, -0.2) is 0 Å². The van der Waals surface area contributed by atoms with Gasteiger partial charge in [-0.3, -0.25) is 0 Å². The van der Waals surface area contributed by atoms with Gasteiger partial charge in [0, 0.05) is 18.1 Å². The number of nitrogens with one attached hydrogen (secondary N) is 1. The van der Waals surface area contributed by atoms with Crippen molar-refractivity contribution < 1.29 is 0 Å². The van der Waals surface area contributed by atoms with Gasteiger partial charge in [0.25, 0.3) is 0 Å². The van der Waals surface area contributed by atoms with E-state index < -0.39 is 0 Å². The summed E-state index contributed by atoms with van der Waals surface area (Å²) >= 11 is 5.98. The molecule has 15 heavy (non-hydrogen) atoms. The fourth-order valence-electron chi connectivity index (χ4n) is 2.27. The van der Waals surface area contributed by atoms with Crippen LogP contribution in [0.2, 0.25) is 5.02 Å². The van der Waals surface area contributed by atoms with E-state index in [-0.39, 0.29) is 17.9 Å². The Hall–Kier alpha value is -0.280.